The number of aryl methyl sites for hydroxylation is 2. The highest BCUT2D eigenvalue weighted by Crippen LogP contribution is 2.39. The van der Waals surface area contributed by atoms with Crippen molar-refractivity contribution in [3.63, 3.8) is 0 Å². The number of fused-ring (bicyclic) bond motifs is 3. The van der Waals surface area contributed by atoms with Crippen molar-refractivity contribution in [1.29, 1.82) is 0 Å². The fourth-order valence-electron chi connectivity index (χ4n) is 2.47. The van der Waals surface area contributed by atoms with Gasteiger partial charge in [-0.1, -0.05) is 6.92 Å². The fraction of sp³-hybridized carbons (Fsp3) is 0.400. The Hall–Kier alpha value is -1.39. The first-order chi connectivity index (χ1) is 9.22. The minimum atomic E-state index is 0.0669. The van der Waals surface area contributed by atoms with E-state index < -0.39 is 0 Å². The Bertz CT molecular complexity index is 606. The molecule has 0 aliphatic heterocycles. The molecule has 0 fully saturated rings. The van der Waals surface area contributed by atoms with Crippen LogP contribution in [0.1, 0.15) is 34.8 Å². The standard InChI is InChI=1S/C15H18N2OS/c1-3-12(16)15-17-14-11-6-5-10(18-2)8-9(11)4-7-13(14)19-15/h5-6,8,12H,3-4,7,16H2,1-2H3. The lowest BCUT2D eigenvalue weighted by atomic mass is 9.93. The molecule has 0 saturated carbocycles. The van der Waals surface area contributed by atoms with Crippen LogP contribution in [-0.4, -0.2) is 12.1 Å². The predicted octanol–water partition coefficient (Wildman–Crippen LogP) is 3.33. The van der Waals surface area contributed by atoms with Crippen molar-refractivity contribution in [1.82, 2.24) is 4.98 Å². The average Bonchev–Trinajstić information content (AvgIpc) is 2.90. The van der Waals surface area contributed by atoms with Crippen LogP contribution in [0.5, 0.6) is 5.75 Å². The lowest BCUT2D eigenvalue weighted by Crippen LogP contribution is -2.08. The third-order valence-electron chi connectivity index (χ3n) is 3.66. The van der Waals surface area contributed by atoms with Crippen LogP contribution in [0.2, 0.25) is 0 Å². The number of ether oxygens (including phenoxy) is 1. The molecule has 4 heteroatoms. The van der Waals surface area contributed by atoms with Gasteiger partial charge in [0.2, 0.25) is 0 Å². The summed E-state index contributed by atoms with van der Waals surface area (Å²) < 4.78 is 5.29. The first-order valence-corrected chi connectivity index (χ1v) is 7.47. The molecule has 3 rings (SSSR count). The van der Waals surface area contributed by atoms with E-state index >= 15 is 0 Å². The molecule has 0 amide bonds. The van der Waals surface area contributed by atoms with Crippen molar-refractivity contribution in [2.75, 3.05) is 7.11 Å². The second kappa shape index (κ2) is 4.94. The minimum absolute atomic E-state index is 0.0669. The zero-order valence-corrected chi connectivity index (χ0v) is 12.1. The maximum atomic E-state index is 6.10. The summed E-state index contributed by atoms with van der Waals surface area (Å²) >= 11 is 1.77. The molecule has 1 aliphatic carbocycles. The molecule has 2 aromatic rings. The SMILES string of the molecule is CCC(N)c1nc2c(s1)CCc1cc(OC)ccc1-2. The quantitative estimate of drug-likeness (QED) is 0.934. The zero-order chi connectivity index (χ0) is 13.4. The van der Waals surface area contributed by atoms with Gasteiger partial charge in [-0.2, -0.15) is 0 Å². The van der Waals surface area contributed by atoms with E-state index in [4.69, 9.17) is 15.5 Å². The molecule has 1 aromatic carbocycles. The van der Waals surface area contributed by atoms with Gasteiger partial charge in [-0.15, -0.1) is 11.3 Å². The number of nitrogens with two attached hydrogens (primary N) is 1. The second-order valence-electron chi connectivity index (χ2n) is 4.86. The van der Waals surface area contributed by atoms with E-state index in [1.807, 2.05) is 6.07 Å². The van der Waals surface area contributed by atoms with Crippen molar-refractivity contribution >= 4 is 11.3 Å². The van der Waals surface area contributed by atoms with Crippen molar-refractivity contribution in [2.45, 2.75) is 32.2 Å². The van der Waals surface area contributed by atoms with Gasteiger partial charge in [0.25, 0.3) is 0 Å². The molecule has 0 radical (unpaired) electrons. The third-order valence-corrected chi connectivity index (χ3v) is 4.91. The Morgan fingerprint density at radius 3 is 3.00 bits per heavy atom. The fourth-order valence-corrected chi connectivity index (χ4v) is 3.63. The first kappa shape index (κ1) is 12.6. The summed E-state index contributed by atoms with van der Waals surface area (Å²) in [7, 11) is 1.71. The lowest BCUT2D eigenvalue weighted by Gasteiger charge is -2.15. The number of nitrogens with zero attached hydrogens (tertiary/aromatic N) is 1. The molecule has 100 valence electrons. The van der Waals surface area contributed by atoms with Crippen molar-refractivity contribution in [3.8, 4) is 17.0 Å². The number of benzene rings is 1. The van der Waals surface area contributed by atoms with Crippen LogP contribution in [0, 0.1) is 0 Å². The van der Waals surface area contributed by atoms with Crippen LogP contribution < -0.4 is 10.5 Å². The molecule has 0 saturated heterocycles. The summed E-state index contributed by atoms with van der Waals surface area (Å²) in [4.78, 5) is 6.14. The van der Waals surface area contributed by atoms with Crippen LogP contribution in [0.25, 0.3) is 11.3 Å². The normalized spacial score (nSPS) is 14.7. The summed E-state index contributed by atoms with van der Waals surface area (Å²) in [5.41, 5.74) is 9.80. The number of rotatable bonds is 3. The number of hydrogen-bond acceptors (Lipinski definition) is 4. The van der Waals surface area contributed by atoms with E-state index in [-0.39, 0.29) is 6.04 Å². The number of hydrogen-bond donors (Lipinski definition) is 1. The summed E-state index contributed by atoms with van der Waals surface area (Å²) in [6, 6.07) is 6.31. The van der Waals surface area contributed by atoms with E-state index in [0.717, 1.165) is 35.7 Å². The van der Waals surface area contributed by atoms with E-state index in [2.05, 4.69) is 19.1 Å². The number of methoxy groups -OCH3 is 1. The highest BCUT2D eigenvalue weighted by atomic mass is 32.1. The van der Waals surface area contributed by atoms with Gasteiger partial charge in [-0.25, -0.2) is 4.98 Å². The monoisotopic (exact) mass is 274 g/mol. The van der Waals surface area contributed by atoms with E-state index in [9.17, 15) is 0 Å². The van der Waals surface area contributed by atoms with Crippen LogP contribution in [-0.2, 0) is 12.8 Å². The number of aromatic nitrogens is 1. The van der Waals surface area contributed by atoms with Crippen LogP contribution >= 0.6 is 11.3 Å². The Morgan fingerprint density at radius 1 is 1.42 bits per heavy atom. The van der Waals surface area contributed by atoms with Gasteiger partial charge in [0.1, 0.15) is 10.8 Å². The summed E-state index contributed by atoms with van der Waals surface area (Å²) in [6.07, 6.45) is 3.05. The molecule has 1 aliphatic rings. The summed E-state index contributed by atoms with van der Waals surface area (Å²) in [6.45, 7) is 2.10. The van der Waals surface area contributed by atoms with E-state index in [1.54, 1.807) is 18.4 Å². The Morgan fingerprint density at radius 2 is 2.26 bits per heavy atom. The van der Waals surface area contributed by atoms with Gasteiger partial charge in [-0.3, -0.25) is 0 Å². The highest BCUT2D eigenvalue weighted by Gasteiger charge is 2.22. The van der Waals surface area contributed by atoms with Gasteiger partial charge < -0.3 is 10.5 Å². The van der Waals surface area contributed by atoms with Crippen LogP contribution in [0.3, 0.4) is 0 Å². The summed E-state index contributed by atoms with van der Waals surface area (Å²) in [5.74, 6) is 0.919. The molecule has 2 N–H and O–H groups in total. The largest absolute Gasteiger partial charge is 0.497 e. The molecule has 3 nitrogen and oxygen atoms in total. The topological polar surface area (TPSA) is 48.1 Å². The smallest absolute Gasteiger partial charge is 0.119 e. The zero-order valence-electron chi connectivity index (χ0n) is 11.3. The molecule has 1 atom stereocenters. The Labute approximate surface area is 117 Å². The number of thiazole rings is 1. The molecule has 1 heterocycles. The second-order valence-corrected chi connectivity index (χ2v) is 5.98. The van der Waals surface area contributed by atoms with Gasteiger partial charge in [0.05, 0.1) is 18.8 Å². The van der Waals surface area contributed by atoms with E-state index in [1.165, 1.54) is 16.0 Å². The third kappa shape index (κ3) is 2.15. The molecular weight excluding hydrogens is 256 g/mol. The highest BCUT2D eigenvalue weighted by molar-refractivity contribution is 7.12. The van der Waals surface area contributed by atoms with E-state index in [0.29, 0.717) is 0 Å². The molecule has 19 heavy (non-hydrogen) atoms. The minimum Gasteiger partial charge on any atom is -0.497 e. The molecule has 1 aromatic heterocycles. The van der Waals surface area contributed by atoms with Crippen LogP contribution in [0.15, 0.2) is 18.2 Å². The van der Waals surface area contributed by atoms with Gasteiger partial charge in [0.15, 0.2) is 0 Å². The van der Waals surface area contributed by atoms with Gasteiger partial charge in [-0.05, 0) is 43.0 Å². The maximum absolute atomic E-state index is 6.10. The maximum Gasteiger partial charge on any atom is 0.119 e. The Kier molecular flexibility index (Phi) is 3.29. The average molecular weight is 274 g/mol. The first-order valence-electron chi connectivity index (χ1n) is 6.65. The predicted molar refractivity (Wildman–Crippen MR) is 78.7 cm³/mol. The molecule has 0 spiro atoms. The molecule has 1 unspecified atom stereocenters. The van der Waals surface area contributed by atoms with Crippen LogP contribution in [0.4, 0.5) is 0 Å². The van der Waals surface area contributed by atoms with Crippen molar-refractivity contribution < 1.29 is 4.74 Å². The molecule has 0 bridgehead atoms. The summed E-state index contributed by atoms with van der Waals surface area (Å²) in [5, 5.41) is 1.07. The van der Waals surface area contributed by atoms with Gasteiger partial charge >= 0.3 is 0 Å². The lowest BCUT2D eigenvalue weighted by molar-refractivity contribution is 0.414. The molecular formula is C15H18N2OS. The van der Waals surface area contributed by atoms with Crippen molar-refractivity contribution in [2.24, 2.45) is 5.73 Å². The van der Waals surface area contributed by atoms with Gasteiger partial charge in [0, 0.05) is 10.4 Å². The van der Waals surface area contributed by atoms with Crippen molar-refractivity contribution in [3.05, 3.63) is 33.6 Å². The Balaban J connectivity index is 2.06.